The fourth-order valence-corrected chi connectivity index (χ4v) is 4.23. The number of carbonyl (C=O) groups excluding carboxylic acids is 3. The minimum atomic E-state index is -0.629. The van der Waals surface area contributed by atoms with Crippen LogP contribution in [0.15, 0.2) is 60.7 Å². The van der Waals surface area contributed by atoms with Gasteiger partial charge in [0.25, 0.3) is 5.91 Å². The Hall–Kier alpha value is -3.15. The van der Waals surface area contributed by atoms with Crippen LogP contribution in [0.4, 0.5) is 0 Å². The summed E-state index contributed by atoms with van der Waals surface area (Å²) in [4.78, 5) is 40.7. The molecule has 182 valence electrons. The fraction of sp³-hybridized carbons (Fsp3) is 0.464. The van der Waals surface area contributed by atoms with Crippen molar-refractivity contribution >= 4 is 17.7 Å². The lowest BCUT2D eigenvalue weighted by Crippen LogP contribution is -2.55. The van der Waals surface area contributed by atoms with Gasteiger partial charge in [-0.05, 0) is 55.7 Å². The summed E-state index contributed by atoms with van der Waals surface area (Å²) in [6.45, 7) is 7.29. The van der Waals surface area contributed by atoms with Crippen molar-refractivity contribution in [1.82, 2.24) is 15.5 Å². The van der Waals surface area contributed by atoms with Crippen LogP contribution in [0, 0.1) is 11.8 Å². The van der Waals surface area contributed by atoms with E-state index in [0.717, 1.165) is 12.0 Å². The second-order valence-corrected chi connectivity index (χ2v) is 9.56. The molecule has 3 rings (SSSR count). The molecule has 0 bridgehead atoms. The monoisotopic (exact) mass is 463 g/mol. The Labute approximate surface area is 203 Å². The maximum Gasteiger partial charge on any atom is 0.251 e. The Kier molecular flexibility index (Phi) is 9.25. The number of nitrogens with zero attached hydrogens (tertiary/aromatic N) is 1. The van der Waals surface area contributed by atoms with Gasteiger partial charge in [0.2, 0.25) is 11.8 Å². The van der Waals surface area contributed by atoms with E-state index in [-0.39, 0.29) is 29.7 Å². The first-order chi connectivity index (χ1) is 16.3. The Morgan fingerprint density at radius 2 is 1.47 bits per heavy atom. The van der Waals surface area contributed by atoms with Crippen molar-refractivity contribution in [2.75, 3.05) is 13.1 Å². The topological polar surface area (TPSA) is 78.5 Å². The van der Waals surface area contributed by atoms with E-state index in [1.807, 2.05) is 60.4 Å². The molecule has 1 saturated heterocycles. The van der Waals surface area contributed by atoms with Crippen LogP contribution in [0.3, 0.4) is 0 Å². The highest BCUT2D eigenvalue weighted by molar-refractivity contribution is 5.97. The standard InChI is InChI=1S/C28H37N3O3/c1-20(2)21(3)29-28(34)26(30-27(33)24-12-8-5-9-13-24)23-16-18-31(19-17-23)25(32)15-14-22-10-6-4-7-11-22/h4-13,20-21,23,26H,14-19H2,1-3H3,(H,29,34)(H,30,33)/t21-,26+/m0/s1. The molecule has 0 unspecified atom stereocenters. The zero-order valence-electron chi connectivity index (χ0n) is 20.5. The van der Waals surface area contributed by atoms with Gasteiger partial charge < -0.3 is 15.5 Å². The molecule has 2 aromatic carbocycles. The second-order valence-electron chi connectivity index (χ2n) is 9.56. The molecular weight excluding hydrogens is 426 g/mol. The molecule has 6 nitrogen and oxygen atoms in total. The summed E-state index contributed by atoms with van der Waals surface area (Å²) in [5.74, 6) is 0.00686. The Bertz CT molecular complexity index is 938. The molecule has 1 heterocycles. The maximum atomic E-state index is 13.2. The first-order valence-electron chi connectivity index (χ1n) is 12.3. The molecule has 1 aliphatic heterocycles. The lowest BCUT2D eigenvalue weighted by molar-refractivity contribution is -0.133. The highest BCUT2D eigenvalue weighted by Crippen LogP contribution is 2.23. The van der Waals surface area contributed by atoms with Gasteiger partial charge in [0.1, 0.15) is 6.04 Å². The minimum Gasteiger partial charge on any atom is -0.352 e. The molecule has 34 heavy (non-hydrogen) atoms. The molecule has 0 spiro atoms. The van der Waals surface area contributed by atoms with Crippen molar-refractivity contribution in [3.63, 3.8) is 0 Å². The van der Waals surface area contributed by atoms with Crippen LogP contribution in [-0.2, 0) is 16.0 Å². The molecule has 2 aromatic rings. The molecule has 1 aliphatic rings. The van der Waals surface area contributed by atoms with Crippen molar-refractivity contribution in [3.8, 4) is 0 Å². The summed E-state index contributed by atoms with van der Waals surface area (Å²) < 4.78 is 0. The van der Waals surface area contributed by atoms with Crippen molar-refractivity contribution in [2.45, 2.75) is 58.5 Å². The number of nitrogens with one attached hydrogen (secondary N) is 2. The van der Waals surface area contributed by atoms with Gasteiger partial charge in [0.15, 0.2) is 0 Å². The predicted octanol–water partition coefficient (Wildman–Crippen LogP) is 3.82. The average Bonchev–Trinajstić information content (AvgIpc) is 2.86. The third-order valence-electron chi connectivity index (χ3n) is 6.81. The van der Waals surface area contributed by atoms with Crippen molar-refractivity contribution in [3.05, 3.63) is 71.8 Å². The quantitative estimate of drug-likeness (QED) is 0.594. The summed E-state index contributed by atoms with van der Waals surface area (Å²) in [6, 6.07) is 18.4. The third kappa shape index (κ3) is 7.17. The number of benzene rings is 2. The number of hydrogen-bond donors (Lipinski definition) is 2. The number of likely N-dealkylation sites (tertiary alicyclic amines) is 1. The van der Waals surface area contributed by atoms with Crippen LogP contribution in [0.1, 0.15) is 56.0 Å². The molecule has 1 fully saturated rings. The number of carbonyl (C=O) groups is 3. The summed E-state index contributed by atoms with van der Waals surface area (Å²) >= 11 is 0. The first kappa shape index (κ1) is 25.5. The van der Waals surface area contributed by atoms with Crippen LogP contribution < -0.4 is 10.6 Å². The van der Waals surface area contributed by atoms with E-state index in [1.165, 1.54) is 0 Å². The Balaban J connectivity index is 1.61. The van der Waals surface area contributed by atoms with Crippen LogP contribution in [0.25, 0.3) is 0 Å². The van der Waals surface area contributed by atoms with E-state index in [0.29, 0.717) is 43.8 Å². The van der Waals surface area contributed by atoms with Crippen LogP contribution >= 0.6 is 0 Å². The molecule has 2 atom stereocenters. The molecule has 0 saturated carbocycles. The van der Waals surface area contributed by atoms with Gasteiger partial charge in [-0.25, -0.2) is 0 Å². The zero-order chi connectivity index (χ0) is 24.5. The van der Waals surface area contributed by atoms with E-state index < -0.39 is 6.04 Å². The fourth-order valence-electron chi connectivity index (χ4n) is 4.23. The third-order valence-corrected chi connectivity index (χ3v) is 6.81. The predicted molar refractivity (Wildman–Crippen MR) is 134 cm³/mol. The van der Waals surface area contributed by atoms with E-state index in [9.17, 15) is 14.4 Å². The minimum absolute atomic E-state index is 0.00304. The molecule has 6 heteroatoms. The molecule has 0 aromatic heterocycles. The van der Waals surface area contributed by atoms with E-state index in [2.05, 4.69) is 24.5 Å². The van der Waals surface area contributed by atoms with Gasteiger partial charge >= 0.3 is 0 Å². The molecule has 0 aliphatic carbocycles. The largest absolute Gasteiger partial charge is 0.352 e. The zero-order valence-corrected chi connectivity index (χ0v) is 20.5. The normalized spacial score (nSPS) is 16.1. The van der Waals surface area contributed by atoms with Gasteiger partial charge in [-0.1, -0.05) is 62.4 Å². The van der Waals surface area contributed by atoms with Gasteiger partial charge in [-0.15, -0.1) is 0 Å². The number of piperidine rings is 1. The highest BCUT2D eigenvalue weighted by atomic mass is 16.2. The second kappa shape index (κ2) is 12.4. The number of amides is 3. The smallest absolute Gasteiger partial charge is 0.251 e. The maximum absolute atomic E-state index is 13.2. The van der Waals surface area contributed by atoms with Crippen LogP contribution in [0.2, 0.25) is 0 Å². The van der Waals surface area contributed by atoms with E-state index in [4.69, 9.17) is 0 Å². The molecule has 3 amide bonds. The highest BCUT2D eigenvalue weighted by Gasteiger charge is 2.34. The van der Waals surface area contributed by atoms with Gasteiger partial charge in [0.05, 0.1) is 0 Å². The average molecular weight is 464 g/mol. The lowest BCUT2D eigenvalue weighted by Gasteiger charge is -2.36. The summed E-state index contributed by atoms with van der Waals surface area (Å²) in [5.41, 5.74) is 1.69. The number of rotatable bonds is 9. The number of aryl methyl sites for hydroxylation is 1. The van der Waals surface area contributed by atoms with Crippen molar-refractivity contribution < 1.29 is 14.4 Å². The van der Waals surface area contributed by atoms with E-state index in [1.54, 1.807) is 12.1 Å². The van der Waals surface area contributed by atoms with Gasteiger partial charge in [0, 0.05) is 31.1 Å². The molecular formula is C28H37N3O3. The van der Waals surface area contributed by atoms with Crippen LogP contribution in [-0.4, -0.2) is 47.8 Å². The Morgan fingerprint density at radius 3 is 2.06 bits per heavy atom. The van der Waals surface area contributed by atoms with Crippen LogP contribution in [0.5, 0.6) is 0 Å². The van der Waals surface area contributed by atoms with E-state index >= 15 is 0 Å². The van der Waals surface area contributed by atoms with Gasteiger partial charge in [-0.3, -0.25) is 14.4 Å². The summed E-state index contributed by atoms with van der Waals surface area (Å²) in [6.07, 6.45) is 2.57. The molecule has 0 radical (unpaired) electrons. The van der Waals surface area contributed by atoms with Gasteiger partial charge in [-0.2, -0.15) is 0 Å². The van der Waals surface area contributed by atoms with Crippen molar-refractivity contribution in [1.29, 1.82) is 0 Å². The summed E-state index contributed by atoms with van der Waals surface area (Å²) in [7, 11) is 0. The SMILES string of the molecule is CC(C)[C@H](C)NC(=O)[C@H](NC(=O)c1ccccc1)C1CCN(C(=O)CCc2ccccc2)CC1. The first-order valence-corrected chi connectivity index (χ1v) is 12.3. The summed E-state index contributed by atoms with van der Waals surface area (Å²) in [5, 5.41) is 6.06. The number of hydrogen-bond acceptors (Lipinski definition) is 3. The Morgan fingerprint density at radius 1 is 0.882 bits per heavy atom. The molecule has 2 N–H and O–H groups in total. The van der Waals surface area contributed by atoms with Crippen molar-refractivity contribution in [2.24, 2.45) is 11.8 Å². The lowest BCUT2D eigenvalue weighted by atomic mass is 9.88.